The number of nitrogens with zero attached hydrogens (tertiary/aromatic N) is 3. The Hall–Kier alpha value is -2.75. The number of nitrogens with one attached hydrogen (secondary N) is 1. The molecule has 1 aliphatic rings. The molecule has 4 nitrogen and oxygen atoms in total. The number of hydrogen-bond donors (Lipinski definition) is 1. The minimum absolute atomic E-state index is 0.156. The third kappa shape index (κ3) is 3.41. The molecular weight excluding hydrogens is 356 g/mol. The summed E-state index contributed by atoms with van der Waals surface area (Å²) in [4.78, 5) is 0. The van der Waals surface area contributed by atoms with Crippen LogP contribution in [0.4, 0.5) is 0 Å². The number of hydrogen-bond acceptors (Lipinski definition) is 3. The van der Waals surface area contributed by atoms with Gasteiger partial charge in [0.05, 0.1) is 0 Å². The van der Waals surface area contributed by atoms with Crippen molar-refractivity contribution >= 4 is 0 Å². The summed E-state index contributed by atoms with van der Waals surface area (Å²) in [6, 6.07) is 13.3. The fourth-order valence-electron chi connectivity index (χ4n) is 4.65. The van der Waals surface area contributed by atoms with Gasteiger partial charge in [0.15, 0.2) is 5.82 Å². The predicted molar refractivity (Wildman–Crippen MR) is 118 cm³/mol. The first-order valence-electron chi connectivity index (χ1n) is 10.3. The van der Waals surface area contributed by atoms with Crippen LogP contribution in [0.15, 0.2) is 49.1 Å². The van der Waals surface area contributed by atoms with Gasteiger partial charge in [0.25, 0.3) is 0 Å². The number of aromatic amines is 1. The van der Waals surface area contributed by atoms with Gasteiger partial charge in [-0.05, 0) is 68.8 Å². The Morgan fingerprint density at radius 3 is 2.17 bits per heavy atom. The minimum atomic E-state index is 0.156. The highest BCUT2D eigenvalue weighted by atomic mass is 15.5. The third-order valence-electron chi connectivity index (χ3n) is 6.70. The topological polar surface area (TPSA) is 54.5 Å². The van der Waals surface area contributed by atoms with Crippen LogP contribution in [0.25, 0.3) is 11.4 Å². The zero-order valence-electron chi connectivity index (χ0n) is 18.1. The number of rotatable bonds is 4. The number of aromatic nitrogens is 4. The van der Waals surface area contributed by atoms with Crippen molar-refractivity contribution in [2.45, 2.75) is 64.2 Å². The molecule has 3 aromatic rings. The van der Waals surface area contributed by atoms with E-state index < -0.39 is 0 Å². The van der Waals surface area contributed by atoms with Crippen molar-refractivity contribution < 1.29 is 0 Å². The van der Waals surface area contributed by atoms with E-state index in [-0.39, 0.29) is 16.7 Å². The summed E-state index contributed by atoms with van der Waals surface area (Å²) < 4.78 is 0. The second-order valence-electron chi connectivity index (χ2n) is 9.61. The second-order valence-corrected chi connectivity index (χ2v) is 9.61. The summed E-state index contributed by atoms with van der Waals surface area (Å²) in [6.45, 7) is 15.9. The smallest absolute Gasteiger partial charge is 0.179 e. The van der Waals surface area contributed by atoms with E-state index in [4.69, 9.17) is 0 Å². The normalized spacial score (nSPS) is 18.1. The van der Waals surface area contributed by atoms with Crippen molar-refractivity contribution in [2.75, 3.05) is 0 Å². The number of benzene rings is 2. The molecule has 0 bridgehead atoms. The van der Waals surface area contributed by atoms with Gasteiger partial charge < -0.3 is 0 Å². The molecule has 0 saturated carbocycles. The monoisotopic (exact) mass is 386 g/mol. The Bertz CT molecular complexity index is 1030. The van der Waals surface area contributed by atoms with Gasteiger partial charge in [-0.3, -0.25) is 0 Å². The average Bonchev–Trinajstić information content (AvgIpc) is 3.22. The number of fused-ring (bicyclic) bond motifs is 1. The van der Waals surface area contributed by atoms with Crippen molar-refractivity contribution in [3.05, 3.63) is 76.9 Å². The molecule has 0 aliphatic heterocycles. The SMILES string of the molecule is C=CC(c1ccc(-c2nnn[nH]2)cc1)c1cc2c(cc1C)C(C)(C)CCC2(C)C. The van der Waals surface area contributed by atoms with E-state index in [9.17, 15) is 0 Å². The van der Waals surface area contributed by atoms with Crippen LogP contribution in [0.2, 0.25) is 0 Å². The number of allylic oxidation sites excluding steroid dienone is 1. The Balaban J connectivity index is 1.78. The zero-order valence-corrected chi connectivity index (χ0v) is 18.1. The van der Waals surface area contributed by atoms with Crippen molar-refractivity contribution in [2.24, 2.45) is 0 Å². The summed E-state index contributed by atoms with van der Waals surface area (Å²) in [5, 5.41) is 14.1. The van der Waals surface area contributed by atoms with Crippen LogP contribution in [0, 0.1) is 6.92 Å². The molecule has 1 unspecified atom stereocenters. The lowest BCUT2D eigenvalue weighted by molar-refractivity contribution is 0.331. The molecule has 4 heteroatoms. The van der Waals surface area contributed by atoms with Crippen LogP contribution in [0.3, 0.4) is 0 Å². The molecule has 1 aliphatic carbocycles. The van der Waals surface area contributed by atoms with Crippen molar-refractivity contribution in [3.63, 3.8) is 0 Å². The van der Waals surface area contributed by atoms with Gasteiger partial charge in [0, 0.05) is 11.5 Å². The summed E-state index contributed by atoms with van der Waals surface area (Å²) in [6.07, 6.45) is 4.50. The molecule has 4 rings (SSSR count). The van der Waals surface area contributed by atoms with Crippen LogP contribution in [-0.2, 0) is 10.8 Å². The largest absolute Gasteiger partial charge is 0.239 e. The van der Waals surface area contributed by atoms with Crippen molar-refractivity contribution in [3.8, 4) is 11.4 Å². The fourth-order valence-corrected chi connectivity index (χ4v) is 4.65. The third-order valence-corrected chi connectivity index (χ3v) is 6.70. The lowest BCUT2D eigenvalue weighted by Crippen LogP contribution is -2.34. The van der Waals surface area contributed by atoms with Gasteiger partial charge in [-0.1, -0.05) is 70.2 Å². The molecule has 2 aromatic carbocycles. The standard InChI is InChI=1S/C25H30N4/c1-7-19(17-8-10-18(11-9-17)23-26-28-29-27-23)20-15-22-21(14-16(20)2)24(3,4)12-13-25(22,5)6/h7-11,14-15,19H,1,12-13H2,2-6H3,(H,26,27,28,29). The Morgan fingerprint density at radius 2 is 1.62 bits per heavy atom. The molecular formula is C25H30N4. The summed E-state index contributed by atoms with van der Waals surface area (Å²) in [5.41, 5.74) is 8.31. The van der Waals surface area contributed by atoms with Crippen LogP contribution < -0.4 is 0 Å². The highest BCUT2D eigenvalue weighted by Crippen LogP contribution is 2.47. The van der Waals surface area contributed by atoms with Crippen LogP contribution in [0.5, 0.6) is 0 Å². The van der Waals surface area contributed by atoms with Gasteiger partial charge in [-0.25, -0.2) is 5.10 Å². The second kappa shape index (κ2) is 6.94. The fraction of sp³-hybridized carbons (Fsp3) is 0.400. The van der Waals surface area contributed by atoms with Gasteiger partial charge in [-0.2, -0.15) is 0 Å². The van der Waals surface area contributed by atoms with Gasteiger partial charge >= 0.3 is 0 Å². The lowest BCUT2D eigenvalue weighted by Gasteiger charge is -2.42. The van der Waals surface area contributed by atoms with E-state index in [1.165, 1.54) is 40.7 Å². The quantitative estimate of drug-likeness (QED) is 0.573. The van der Waals surface area contributed by atoms with Gasteiger partial charge in [-0.15, -0.1) is 11.7 Å². The molecule has 1 N–H and O–H groups in total. The minimum Gasteiger partial charge on any atom is -0.239 e. The van der Waals surface area contributed by atoms with E-state index >= 15 is 0 Å². The zero-order chi connectivity index (χ0) is 20.8. The van der Waals surface area contributed by atoms with Crippen LogP contribution in [-0.4, -0.2) is 20.6 Å². The summed E-state index contributed by atoms with van der Waals surface area (Å²) in [7, 11) is 0. The van der Waals surface area contributed by atoms with Crippen molar-refractivity contribution in [1.29, 1.82) is 0 Å². The molecule has 1 heterocycles. The maximum absolute atomic E-state index is 4.17. The maximum atomic E-state index is 4.17. The average molecular weight is 387 g/mol. The molecule has 0 amide bonds. The number of aryl methyl sites for hydroxylation is 1. The van der Waals surface area contributed by atoms with E-state index in [1.807, 2.05) is 0 Å². The van der Waals surface area contributed by atoms with E-state index in [0.29, 0.717) is 5.82 Å². The molecule has 150 valence electrons. The summed E-state index contributed by atoms with van der Waals surface area (Å²) >= 11 is 0. The summed E-state index contributed by atoms with van der Waals surface area (Å²) in [5.74, 6) is 0.837. The molecule has 1 aromatic heterocycles. The Kier molecular flexibility index (Phi) is 4.68. The molecule has 0 spiro atoms. The highest BCUT2D eigenvalue weighted by molar-refractivity contribution is 5.56. The first-order chi connectivity index (χ1) is 13.7. The van der Waals surface area contributed by atoms with E-state index in [2.05, 4.69) is 104 Å². The molecule has 1 atom stereocenters. The highest BCUT2D eigenvalue weighted by Gasteiger charge is 2.37. The first-order valence-corrected chi connectivity index (χ1v) is 10.3. The molecule has 0 fully saturated rings. The van der Waals surface area contributed by atoms with E-state index in [0.717, 1.165) is 5.56 Å². The Labute approximate surface area is 173 Å². The number of tetrazole rings is 1. The predicted octanol–water partition coefficient (Wildman–Crippen LogP) is 5.84. The molecule has 0 saturated heterocycles. The van der Waals surface area contributed by atoms with Crippen LogP contribution >= 0.6 is 0 Å². The van der Waals surface area contributed by atoms with Crippen molar-refractivity contribution in [1.82, 2.24) is 20.6 Å². The van der Waals surface area contributed by atoms with Gasteiger partial charge in [0.2, 0.25) is 0 Å². The molecule has 29 heavy (non-hydrogen) atoms. The number of H-pyrrole nitrogens is 1. The molecule has 0 radical (unpaired) electrons. The lowest BCUT2D eigenvalue weighted by atomic mass is 9.62. The van der Waals surface area contributed by atoms with Crippen LogP contribution in [0.1, 0.15) is 74.3 Å². The maximum Gasteiger partial charge on any atom is 0.179 e. The van der Waals surface area contributed by atoms with Gasteiger partial charge in [0.1, 0.15) is 0 Å². The Morgan fingerprint density at radius 1 is 1.00 bits per heavy atom. The first kappa shape index (κ1) is 19.6. The van der Waals surface area contributed by atoms with E-state index in [1.54, 1.807) is 0 Å².